The van der Waals surface area contributed by atoms with E-state index in [0.717, 1.165) is 20.9 Å². The molecule has 0 atom stereocenters. The molecule has 122 valence electrons. The summed E-state index contributed by atoms with van der Waals surface area (Å²) in [5.41, 5.74) is 3.34. The standard InChI is InChI=1S/C16H20N4O2S/c1-10-4-5-11(2)15-14(10)18-16(23-15)19(3)9-13(22)20-7-6-17-12(21)8-20/h4-5H,6-9H2,1-3H3,(H,17,21). The molecule has 1 N–H and O–H groups in total. The summed E-state index contributed by atoms with van der Waals surface area (Å²) in [6, 6.07) is 4.16. The maximum absolute atomic E-state index is 12.4. The first-order chi connectivity index (χ1) is 11.0. The molecular weight excluding hydrogens is 312 g/mol. The fraction of sp³-hybridized carbons (Fsp3) is 0.438. The first-order valence-corrected chi connectivity index (χ1v) is 8.39. The molecule has 1 aromatic carbocycles. The van der Waals surface area contributed by atoms with Crippen LogP contribution in [0.4, 0.5) is 5.13 Å². The third kappa shape index (κ3) is 3.14. The van der Waals surface area contributed by atoms with Gasteiger partial charge in [-0.1, -0.05) is 23.5 Å². The second-order valence-corrected chi connectivity index (χ2v) is 6.87. The van der Waals surface area contributed by atoms with Crippen LogP contribution in [-0.4, -0.2) is 54.9 Å². The highest BCUT2D eigenvalue weighted by molar-refractivity contribution is 7.22. The molecule has 1 fully saturated rings. The third-order valence-electron chi connectivity index (χ3n) is 4.02. The molecule has 23 heavy (non-hydrogen) atoms. The van der Waals surface area contributed by atoms with E-state index >= 15 is 0 Å². The van der Waals surface area contributed by atoms with Gasteiger partial charge in [-0.05, 0) is 25.0 Å². The largest absolute Gasteiger partial charge is 0.353 e. The number of amides is 2. The number of nitrogens with one attached hydrogen (secondary N) is 1. The number of aromatic nitrogens is 1. The monoisotopic (exact) mass is 332 g/mol. The highest BCUT2D eigenvalue weighted by Crippen LogP contribution is 2.32. The van der Waals surface area contributed by atoms with Gasteiger partial charge in [0.25, 0.3) is 0 Å². The third-order valence-corrected chi connectivity index (χ3v) is 5.33. The molecule has 0 radical (unpaired) electrons. The van der Waals surface area contributed by atoms with E-state index in [9.17, 15) is 9.59 Å². The average molecular weight is 332 g/mol. The predicted molar refractivity (Wildman–Crippen MR) is 92.0 cm³/mol. The van der Waals surface area contributed by atoms with Gasteiger partial charge in [0.1, 0.15) is 0 Å². The van der Waals surface area contributed by atoms with E-state index < -0.39 is 0 Å². The lowest BCUT2D eigenvalue weighted by Crippen LogP contribution is -2.52. The van der Waals surface area contributed by atoms with E-state index in [0.29, 0.717) is 13.1 Å². The molecule has 1 aliphatic rings. The molecule has 2 heterocycles. The Morgan fingerprint density at radius 2 is 2.13 bits per heavy atom. The van der Waals surface area contributed by atoms with Crippen molar-refractivity contribution in [1.29, 1.82) is 0 Å². The molecule has 0 bridgehead atoms. The molecule has 7 heteroatoms. The van der Waals surface area contributed by atoms with Gasteiger partial charge in [-0.2, -0.15) is 0 Å². The molecule has 1 aliphatic heterocycles. The van der Waals surface area contributed by atoms with Gasteiger partial charge in [0, 0.05) is 20.1 Å². The molecule has 1 aromatic heterocycles. The minimum atomic E-state index is -0.0986. The number of piperazine rings is 1. The normalized spacial score (nSPS) is 14.9. The zero-order valence-electron chi connectivity index (χ0n) is 13.5. The van der Waals surface area contributed by atoms with Crippen LogP contribution in [0.5, 0.6) is 0 Å². The fourth-order valence-corrected chi connectivity index (χ4v) is 3.71. The van der Waals surface area contributed by atoms with E-state index in [2.05, 4.69) is 29.4 Å². The molecule has 1 saturated heterocycles. The number of rotatable bonds is 3. The van der Waals surface area contributed by atoms with Crippen LogP contribution in [0.3, 0.4) is 0 Å². The Labute approximate surface area is 139 Å². The molecule has 0 saturated carbocycles. The summed E-state index contributed by atoms with van der Waals surface area (Å²) in [4.78, 5) is 31.9. The summed E-state index contributed by atoms with van der Waals surface area (Å²) in [5, 5.41) is 3.55. The van der Waals surface area contributed by atoms with Gasteiger partial charge in [-0.3, -0.25) is 9.59 Å². The number of nitrogens with zero attached hydrogens (tertiary/aromatic N) is 3. The lowest BCUT2D eigenvalue weighted by molar-refractivity contribution is -0.137. The van der Waals surface area contributed by atoms with Crippen LogP contribution >= 0.6 is 11.3 Å². The van der Waals surface area contributed by atoms with E-state index in [-0.39, 0.29) is 24.9 Å². The number of anilines is 1. The Balaban J connectivity index is 1.76. The highest BCUT2D eigenvalue weighted by atomic mass is 32.1. The number of likely N-dealkylation sites (N-methyl/N-ethyl adjacent to an activating group) is 1. The van der Waals surface area contributed by atoms with Crippen molar-refractivity contribution in [3.63, 3.8) is 0 Å². The van der Waals surface area contributed by atoms with Gasteiger partial charge in [0.05, 0.1) is 23.3 Å². The first kappa shape index (κ1) is 15.7. The summed E-state index contributed by atoms with van der Waals surface area (Å²) in [6.45, 7) is 5.57. The molecule has 6 nitrogen and oxygen atoms in total. The van der Waals surface area contributed by atoms with Crippen LogP contribution in [-0.2, 0) is 9.59 Å². The van der Waals surface area contributed by atoms with Gasteiger partial charge in [-0.25, -0.2) is 4.98 Å². The molecule has 0 unspecified atom stereocenters. The second-order valence-electron chi connectivity index (χ2n) is 5.89. The van der Waals surface area contributed by atoms with Gasteiger partial charge in [0.15, 0.2) is 5.13 Å². The van der Waals surface area contributed by atoms with Crippen molar-refractivity contribution in [2.45, 2.75) is 13.8 Å². The Morgan fingerprint density at radius 1 is 1.39 bits per heavy atom. The number of aryl methyl sites for hydroxylation is 2. The number of hydrogen-bond acceptors (Lipinski definition) is 5. The van der Waals surface area contributed by atoms with Crippen LogP contribution in [0.1, 0.15) is 11.1 Å². The van der Waals surface area contributed by atoms with Crippen LogP contribution in [0.25, 0.3) is 10.2 Å². The number of carbonyl (C=O) groups is 2. The fourth-order valence-electron chi connectivity index (χ4n) is 2.63. The summed E-state index contributed by atoms with van der Waals surface area (Å²) >= 11 is 1.60. The van der Waals surface area contributed by atoms with Gasteiger partial charge < -0.3 is 15.1 Å². The molecular formula is C16H20N4O2S. The van der Waals surface area contributed by atoms with Crippen molar-refractivity contribution in [2.75, 3.05) is 38.1 Å². The van der Waals surface area contributed by atoms with E-state index in [1.807, 2.05) is 18.9 Å². The lowest BCUT2D eigenvalue weighted by Gasteiger charge is -2.28. The smallest absolute Gasteiger partial charge is 0.242 e. The van der Waals surface area contributed by atoms with Gasteiger partial charge in [0.2, 0.25) is 11.8 Å². The zero-order chi connectivity index (χ0) is 16.6. The number of fused-ring (bicyclic) bond motifs is 1. The van der Waals surface area contributed by atoms with Crippen molar-refractivity contribution in [1.82, 2.24) is 15.2 Å². The predicted octanol–water partition coefficient (Wildman–Crippen LogP) is 1.31. The Bertz CT molecular complexity index is 732. The minimum absolute atomic E-state index is 0.0462. The van der Waals surface area contributed by atoms with Crippen molar-refractivity contribution >= 4 is 38.5 Å². The summed E-state index contributed by atoms with van der Waals surface area (Å²) in [6.07, 6.45) is 0. The quantitative estimate of drug-likeness (QED) is 0.920. The number of carbonyl (C=O) groups excluding carboxylic acids is 2. The minimum Gasteiger partial charge on any atom is -0.353 e. The van der Waals surface area contributed by atoms with Gasteiger partial charge >= 0.3 is 0 Å². The van der Waals surface area contributed by atoms with Crippen LogP contribution in [0, 0.1) is 13.8 Å². The second kappa shape index (κ2) is 6.16. The molecule has 0 aliphatic carbocycles. The number of benzene rings is 1. The topological polar surface area (TPSA) is 65.5 Å². The van der Waals surface area contributed by atoms with Crippen LogP contribution in [0.2, 0.25) is 0 Å². The van der Waals surface area contributed by atoms with Crippen LogP contribution < -0.4 is 10.2 Å². The Kier molecular flexibility index (Phi) is 4.21. The van der Waals surface area contributed by atoms with Crippen molar-refractivity contribution in [2.24, 2.45) is 0 Å². The zero-order valence-corrected chi connectivity index (χ0v) is 14.4. The SMILES string of the molecule is Cc1ccc(C)c2sc(N(C)CC(=O)N3CCNC(=O)C3)nc12. The van der Waals surface area contributed by atoms with Gasteiger partial charge in [-0.15, -0.1) is 0 Å². The van der Waals surface area contributed by atoms with E-state index in [1.54, 1.807) is 16.2 Å². The average Bonchev–Trinajstić information content (AvgIpc) is 2.97. The Morgan fingerprint density at radius 3 is 2.83 bits per heavy atom. The maximum Gasteiger partial charge on any atom is 0.242 e. The lowest BCUT2D eigenvalue weighted by atomic mass is 10.1. The summed E-state index contributed by atoms with van der Waals surface area (Å²) < 4.78 is 1.16. The van der Waals surface area contributed by atoms with Crippen molar-refractivity contribution in [3.8, 4) is 0 Å². The summed E-state index contributed by atoms with van der Waals surface area (Å²) in [7, 11) is 1.87. The molecule has 2 amide bonds. The molecule has 3 rings (SSSR count). The van der Waals surface area contributed by atoms with E-state index in [1.165, 1.54) is 5.56 Å². The molecule has 0 spiro atoms. The van der Waals surface area contributed by atoms with Crippen molar-refractivity contribution < 1.29 is 9.59 Å². The van der Waals surface area contributed by atoms with Crippen LogP contribution in [0.15, 0.2) is 12.1 Å². The first-order valence-electron chi connectivity index (χ1n) is 7.58. The Hall–Kier alpha value is -2.15. The molecule has 2 aromatic rings. The number of hydrogen-bond donors (Lipinski definition) is 1. The highest BCUT2D eigenvalue weighted by Gasteiger charge is 2.23. The number of thiazole rings is 1. The maximum atomic E-state index is 12.4. The van der Waals surface area contributed by atoms with E-state index in [4.69, 9.17) is 0 Å². The van der Waals surface area contributed by atoms with Crippen molar-refractivity contribution in [3.05, 3.63) is 23.3 Å². The summed E-state index contributed by atoms with van der Waals surface area (Å²) in [5.74, 6) is -0.145.